The molecule has 1 aromatic carbocycles. The number of ether oxygens (including phenoxy) is 1. The van der Waals surface area contributed by atoms with Crippen LogP contribution in [0.4, 0.5) is 4.79 Å². The number of carbonyl (C=O) groups is 2. The summed E-state index contributed by atoms with van der Waals surface area (Å²) in [7, 11) is 0. The van der Waals surface area contributed by atoms with E-state index in [1.807, 2.05) is 42.2 Å². The number of nitrogens with zero attached hydrogens (tertiary/aromatic N) is 2. The van der Waals surface area contributed by atoms with Crippen LogP contribution in [-0.2, 0) is 16.1 Å². The van der Waals surface area contributed by atoms with Crippen LogP contribution in [-0.4, -0.2) is 59.7 Å². The smallest absolute Gasteiger partial charge is 0.410 e. The minimum Gasteiger partial charge on any atom is -0.480 e. The Morgan fingerprint density at radius 2 is 2.09 bits per heavy atom. The van der Waals surface area contributed by atoms with Gasteiger partial charge in [0.15, 0.2) is 0 Å². The van der Waals surface area contributed by atoms with E-state index in [1.165, 1.54) is 0 Å². The second kappa shape index (κ2) is 8.53. The Kier molecular flexibility index (Phi) is 6.40. The Hall–Kier alpha value is -2.08. The zero-order valence-corrected chi connectivity index (χ0v) is 13.5. The molecule has 1 fully saturated rings. The average molecular weight is 320 g/mol. The molecule has 0 aromatic heterocycles. The molecule has 0 aliphatic carbocycles. The zero-order valence-electron chi connectivity index (χ0n) is 13.5. The summed E-state index contributed by atoms with van der Waals surface area (Å²) in [6, 6.07) is 9.59. The van der Waals surface area contributed by atoms with Gasteiger partial charge in [-0.1, -0.05) is 37.3 Å². The number of aliphatic carboxylic acids is 1. The summed E-state index contributed by atoms with van der Waals surface area (Å²) in [6.45, 7) is 4.97. The third kappa shape index (κ3) is 5.56. The normalized spacial score (nSPS) is 17.5. The van der Waals surface area contributed by atoms with Crippen molar-refractivity contribution in [3.05, 3.63) is 35.9 Å². The van der Waals surface area contributed by atoms with Gasteiger partial charge in [0.1, 0.15) is 6.61 Å². The molecular formula is C17H24N2O4. The van der Waals surface area contributed by atoms with E-state index in [1.54, 1.807) is 4.90 Å². The summed E-state index contributed by atoms with van der Waals surface area (Å²) >= 11 is 0. The van der Waals surface area contributed by atoms with Crippen LogP contribution in [0.25, 0.3) is 0 Å². The van der Waals surface area contributed by atoms with Gasteiger partial charge in [0.05, 0.1) is 6.54 Å². The molecule has 0 saturated carbocycles. The Morgan fingerprint density at radius 1 is 1.35 bits per heavy atom. The molecule has 1 aromatic rings. The van der Waals surface area contributed by atoms with Crippen LogP contribution in [0.1, 0.15) is 18.9 Å². The molecular weight excluding hydrogens is 296 g/mol. The molecule has 1 saturated heterocycles. The van der Waals surface area contributed by atoms with Crippen LogP contribution >= 0.6 is 0 Å². The number of carboxylic acid groups (broad SMARTS) is 1. The lowest BCUT2D eigenvalue weighted by Gasteiger charge is -2.22. The fourth-order valence-electron chi connectivity index (χ4n) is 2.82. The molecule has 1 aliphatic heterocycles. The maximum atomic E-state index is 12.1. The van der Waals surface area contributed by atoms with E-state index in [-0.39, 0.29) is 19.2 Å². The molecule has 1 aliphatic rings. The number of benzene rings is 1. The fraction of sp³-hybridized carbons (Fsp3) is 0.529. The largest absolute Gasteiger partial charge is 0.480 e. The summed E-state index contributed by atoms with van der Waals surface area (Å²) in [5.41, 5.74) is 0.968. The van der Waals surface area contributed by atoms with Crippen LogP contribution in [0.5, 0.6) is 0 Å². The Balaban J connectivity index is 1.75. The van der Waals surface area contributed by atoms with Gasteiger partial charge >= 0.3 is 12.1 Å². The van der Waals surface area contributed by atoms with Crippen LogP contribution < -0.4 is 0 Å². The highest BCUT2D eigenvalue weighted by Gasteiger charge is 2.28. The number of carboxylic acids is 1. The van der Waals surface area contributed by atoms with E-state index in [4.69, 9.17) is 9.84 Å². The first-order valence-corrected chi connectivity index (χ1v) is 7.98. The maximum Gasteiger partial charge on any atom is 0.410 e. The van der Waals surface area contributed by atoms with Crippen LogP contribution in [0.3, 0.4) is 0 Å². The number of hydrogen-bond acceptors (Lipinski definition) is 4. The molecule has 6 heteroatoms. The highest BCUT2D eigenvalue weighted by Crippen LogP contribution is 2.18. The lowest BCUT2D eigenvalue weighted by molar-refractivity contribution is -0.138. The van der Waals surface area contributed by atoms with Gasteiger partial charge in [-0.25, -0.2) is 4.79 Å². The van der Waals surface area contributed by atoms with Gasteiger partial charge in [-0.2, -0.15) is 0 Å². The van der Waals surface area contributed by atoms with Crippen molar-refractivity contribution in [3.63, 3.8) is 0 Å². The Labute approximate surface area is 136 Å². The molecule has 0 radical (unpaired) electrons. The monoisotopic (exact) mass is 320 g/mol. The van der Waals surface area contributed by atoms with Crippen molar-refractivity contribution in [2.75, 3.05) is 32.7 Å². The Morgan fingerprint density at radius 3 is 2.74 bits per heavy atom. The minimum atomic E-state index is -0.816. The topological polar surface area (TPSA) is 70.1 Å². The molecule has 0 bridgehead atoms. The van der Waals surface area contributed by atoms with Crippen molar-refractivity contribution >= 4 is 12.1 Å². The van der Waals surface area contributed by atoms with Crippen molar-refractivity contribution in [1.82, 2.24) is 9.80 Å². The molecule has 6 nitrogen and oxygen atoms in total. The van der Waals surface area contributed by atoms with E-state index < -0.39 is 5.97 Å². The second-order valence-electron chi connectivity index (χ2n) is 5.86. The van der Waals surface area contributed by atoms with Gasteiger partial charge < -0.3 is 14.7 Å². The van der Waals surface area contributed by atoms with E-state index >= 15 is 0 Å². The highest BCUT2D eigenvalue weighted by atomic mass is 16.6. The van der Waals surface area contributed by atoms with Gasteiger partial charge in [-0.15, -0.1) is 0 Å². The van der Waals surface area contributed by atoms with Gasteiger partial charge in [-0.05, 0) is 24.4 Å². The van der Waals surface area contributed by atoms with Crippen LogP contribution in [0.15, 0.2) is 30.3 Å². The first-order valence-electron chi connectivity index (χ1n) is 7.98. The molecule has 0 spiro atoms. The molecule has 1 heterocycles. The summed E-state index contributed by atoms with van der Waals surface area (Å²) in [4.78, 5) is 26.5. The number of likely N-dealkylation sites (N-methyl/N-ethyl adjacent to an activating group) is 1. The predicted octanol–water partition coefficient (Wildman–Crippen LogP) is 2.05. The number of carbonyl (C=O) groups excluding carboxylic acids is 1. The van der Waals surface area contributed by atoms with Crippen molar-refractivity contribution < 1.29 is 19.4 Å². The number of rotatable bonds is 7. The molecule has 0 unspecified atom stereocenters. The molecule has 1 atom stereocenters. The zero-order chi connectivity index (χ0) is 16.7. The first-order chi connectivity index (χ1) is 11.1. The van der Waals surface area contributed by atoms with Crippen molar-refractivity contribution in [2.24, 2.45) is 5.92 Å². The van der Waals surface area contributed by atoms with E-state index in [9.17, 15) is 9.59 Å². The maximum absolute atomic E-state index is 12.1. The number of amides is 1. The molecule has 2 rings (SSSR count). The minimum absolute atomic E-state index is 0.0471. The SMILES string of the molecule is CCN(CC(=O)O)C[C@H]1CCN(C(=O)OCc2ccccc2)C1. The lowest BCUT2D eigenvalue weighted by atomic mass is 10.1. The number of likely N-dealkylation sites (tertiary alicyclic amines) is 1. The quantitative estimate of drug-likeness (QED) is 0.832. The van der Waals surface area contributed by atoms with Gasteiger partial charge in [0.2, 0.25) is 0 Å². The molecule has 126 valence electrons. The Bertz CT molecular complexity index is 521. The molecule has 1 amide bonds. The van der Waals surface area contributed by atoms with Crippen molar-refractivity contribution in [2.45, 2.75) is 20.0 Å². The standard InChI is InChI=1S/C17H24N2O4/c1-2-18(12-16(20)21)10-15-8-9-19(11-15)17(22)23-13-14-6-4-3-5-7-14/h3-7,15H,2,8-13H2,1H3,(H,20,21)/t15-/m1/s1. The third-order valence-corrected chi connectivity index (χ3v) is 4.07. The second-order valence-corrected chi connectivity index (χ2v) is 5.86. The van der Waals surface area contributed by atoms with E-state index in [2.05, 4.69) is 0 Å². The van der Waals surface area contributed by atoms with Gasteiger partial charge in [-0.3, -0.25) is 9.69 Å². The van der Waals surface area contributed by atoms with Crippen LogP contribution in [0, 0.1) is 5.92 Å². The van der Waals surface area contributed by atoms with Gasteiger partial charge in [0.25, 0.3) is 0 Å². The summed E-state index contributed by atoms with van der Waals surface area (Å²) in [5.74, 6) is -0.512. The number of hydrogen-bond donors (Lipinski definition) is 1. The predicted molar refractivity (Wildman–Crippen MR) is 86.1 cm³/mol. The third-order valence-electron chi connectivity index (χ3n) is 4.07. The lowest BCUT2D eigenvalue weighted by Crippen LogP contribution is -2.36. The van der Waals surface area contributed by atoms with Crippen LogP contribution in [0.2, 0.25) is 0 Å². The van der Waals surface area contributed by atoms with Gasteiger partial charge in [0, 0.05) is 19.6 Å². The van der Waals surface area contributed by atoms with Crippen molar-refractivity contribution in [3.8, 4) is 0 Å². The summed E-state index contributed by atoms with van der Waals surface area (Å²) in [6.07, 6.45) is 0.592. The fourth-order valence-corrected chi connectivity index (χ4v) is 2.82. The summed E-state index contributed by atoms with van der Waals surface area (Å²) in [5, 5.41) is 8.88. The average Bonchev–Trinajstić information content (AvgIpc) is 3.01. The summed E-state index contributed by atoms with van der Waals surface area (Å²) < 4.78 is 5.34. The highest BCUT2D eigenvalue weighted by molar-refractivity contribution is 5.69. The first kappa shape index (κ1) is 17.3. The molecule has 23 heavy (non-hydrogen) atoms. The van der Waals surface area contributed by atoms with E-state index in [0.717, 1.165) is 12.0 Å². The van der Waals surface area contributed by atoms with E-state index in [0.29, 0.717) is 32.1 Å². The molecule has 1 N–H and O–H groups in total. The van der Waals surface area contributed by atoms with Crippen molar-refractivity contribution in [1.29, 1.82) is 0 Å².